The second kappa shape index (κ2) is 9.03. The van der Waals surface area contributed by atoms with Crippen LogP contribution in [0.3, 0.4) is 0 Å². The third-order valence-electron chi connectivity index (χ3n) is 4.57. The van der Waals surface area contributed by atoms with Crippen LogP contribution in [0.5, 0.6) is 5.75 Å². The first kappa shape index (κ1) is 18.7. The third kappa shape index (κ3) is 5.20. The summed E-state index contributed by atoms with van der Waals surface area (Å²) in [5.74, 6) is 0.344. The number of nitrogens with one attached hydrogen (secondary N) is 2. The third-order valence-corrected chi connectivity index (χ3v) is 4.57. The number of ether oxygens (including phenoxy) is 1. The van der Waals surface area contributed by atoms with Gasteiger partial charge >= 0.3 is 0 Å². The average molecular weight is 364 g/mol. The van der Waals surface area contributed by atoms with Gasteiger partial charge < -0.3 is 15.4 Å². The number of amides is 2. The van der Waals surface area contributed by atoms with Gasteiger partial charge in [-0.15, -0.1) is 0 Å². The predicted molar refractivity (Wildman–Crippen MR) is 107 cm³/mol. The molecule has 5 nitrogen and oxygen atoms in total. The van der Waals surface area contributed by atoms with Crippen molar-refractivity contribution >= 4 is 23.6 Å². The molecule has 0 aliphatic heterocycles. The van der Waals surface area contributed by atoms with Gasteiger partial charge in [0.1, 0.15) is 5.75 Å². The number of hydrogen-bond donors (Lipinski definition) is 2. The Labute approximate surface area is 159 Å². The van der Waals surface area contributed by atoms with Crippen LogP contribution in [0.4, 0.5) is 5.69 Å². The second-order valence-electron chi connectivity index (χ2n) is 6.54. The van der Waals surface area contributed by atoms with E-state index in [0.29, 0.717) is 17.0 Å². The molecule has 2 amide bonds. The smallest absolute Gasteiger partial charge is 0.251 e. The Morgan fingerprint density at radius 2 is 1.74 bits per heavy atom. The van der Waals surface area contributed by atoms with Gasteiger partial charge in [-0.25, -0.2) is 0 Å². The fourth-order valence-corrected chi connectivity index (χ4v) is 3.09. The molecule has 2 aromatic rings. The summed E-state index contributed by atoms with van der Waals surface area (Å²) in [6.07, 6.45) is 7.94. The van der Waals surface area contributed by atoms with Crippen molar-refractivity contribution in [2.75, 3.05) is 12.4 Å². The SMILES string of the molecule is CNC(=O)c1ccc(/C=C/C(=O)Nc2ccccc2OC2CCCC2)cc1. The fourth-order valence-electron chi connectivity index (χ4n) is 3.09. The molecule has 2 aromatic carbocycles. The van der Waals surface area contributed by atoms with Crippen molar-refractivity contribution in [2.24, 2.45) is 0 Å². The summed E-state index contributed by atoms with van der Waals surface area (Å²) < 4.78 is 6.04. The summed E-state index contributed by atoms with van der Waals surface area (Å²) in [6.45, 7) is 0. The number of para-hydroxylation sites is 2. The topological polar surface area (TPSA) is 67.4 Å². The Balaban J connectivity index is 1.62. The van der Waals surface area contributed by atoms with Gasteiger partial charge in [0.05, 0.1) is 11.8 Å². The minimum Gasteiger partial charge on any atom is -0.488 e. The van der Waals surface area contributed by atoms with Crippen molar-refractivity contribution in [2.45, 2.75) is 31.8 Å². The van der Waals surface area contributed by atoms with Crippen molar-refractivity contribution < 1.29 is 14.3 Å². The van der Waals surface area contributed by atoms with Crippen LogP contribution >= 0.6 is 0 Å². The van der Waals surface area contributed by atoms with Crippen molar-refractivity contribution in [3.63, 3.8) is 0 Å². The largest absolute Gasteiger partial charge is 0.488 e. The summed E-state index contributed by atoms with van der Waals surface area (Å²) in [7, 11) is 1.59. The predicted octanol–water partition coefficient (Wildman–Crippen LogP) is 4.02. The van der Waals surface area contributed by atoms with Crippen molar-refractivity contribution in [3.05, 3.63) is 65.7 Å². The summed E-state index contributed by atoms with van der Waals surface area (Å²) >= 11 is 0. The molecule has 5 heteroatoms. The normalized spacial score (nSPS) is 14.3. The molecule has 3 rings (SSSR count). The van der Waals surface area contributed by atoms with E-state index in [4.69, 9.17) is 4.74 Å². The van der Waals surface area contributed by atoms with Crippen LogP contribution in [0.25, 0.3) is 6.08 Å². The number of rotatable bonds is 6. The molecule has 1 fully saturated rings. The van der Waals surface area contributed by atoms with Crippen LogP contribution < -0.4 is 15.4 Å². The number of anilines is 1. The van der Waals surface area contributed by atoms with Gasteiger partial charge in [-0.3, -0.25) is 9.59 Å². The molecule has 27 heavy (non-hydrogen) atoms. The molecular formula is C22H24N2O3. The quantitative estimate of drug-likeness (QED) is 0.761. The molecule has 140 valence electrons. The van der Waals surface area contributed by atoms with Crippen LogP contribution in [0.1, 0.15) is 41.6 Å². The van der Waals surface area contributed by atoms with Crippen LogP contribution in [-0.2, 0) is 4.79 Å². The van der Waals surface area contributed by atoms with E-state index in [1.165, 1.54) is 18.9 Å². The molecule has 0 heterocycles. The zero-order chi connectivity index (χ0) is 19.1. The molecule has 1 aliphatic carbocycles. The first-order valence-electron chi connectivity index (χ1n) is 9.22. The second-order valence-corrected chi connectivity index (χ2v) is 6.54. The maximum Gasteiger partial charge on any atom is 0.251 e. The first-order chi connectivity index (χ1) is 13.2. The maximum absolute atomic E-state index is 12.3. The molecular weight excluding hydrogens is 340 g/mol. The fraction of sp³-hybridized carbons (Fsp3) is 0.273. The summed E-state index contributed by atoms with van der Waals surface area (Å²) in [5.41, 5.74) is 2.10. The van der Waals surface area contributed by atoms with Crippen LogP contribution in [-0.4, -0.2) is 25.0 Å². The van der Waals surface area contributed by atoms with Crippen LogP contribution in [0.15, 0.2) is 54.6 Å². The molecule has 0 radical (unpaired) electrons. The highest BCUT2D eigenvalue weighted by Crippen LogP contribution is 2.29. The Hall–Kier alpha value is -3.08. The Morgan fingerprint density at radius 1 is 1.04 bits per heavy atom. The maximum atomic E-state index is 12.3. The Morgan fingerprint density at radius 3 is 2.44 bits per heavy atom. The zero-order valence-electron chi connectivity index (χ0n) is 15.4. The summed E-state index contributed by atoms with van der Waals surface area (Å²) in [6, 6.07) is 14.5. The van der Waals surface area contributed by atoms with Gasteiger partial charge in [0.15, 0.2) is 0 Å². The van der Waals surface area contributed by atoms with Gasteiger partial charge in [-0.2, -0.15) is 0 Å². The van der Waals surface area contributed by atoms with Gasteiger partial charge in [-0.05, 0) is 61.6 Å². The number of carbonyl (C=O) groups excluding carboxylic acids is 2. The Kier molecular flexibility index (Phi) is 6.26. The first-order valence-corrected chi connectivity index (χ1v) is 9.22. The van der Waals surface area contributed by atoms with Gasteiger partial charge in [-0.1, -0.05) is 24.3 Å². The Bertz CT molecular complexity index is 822. The minimum absolute atomic E-state index is 0.137. The monoisotopic (exact) mass is 364 g/mol. The standard InChI is InChI=1S/C22H24N2O3/c1-23-22(26)17-13-10-16(11-14-17)12-15-21(25)24-19-8-4-5-9-20(19)27-18-6-2-3-7-18/h4-5,8-15,18H,2-3,6-7H2,1H3,(H,23,26)(H,24,25)/b15-12+. The lowest BCUT2D eigenvalue weighted by Gasteiger charge is -2.16. The zero-order valence-corrected chi connectivity index (χ0v) is 15.4. The highest BCUT2D eigenvalue weighted by molar-refractivity contribution is 6.02. The van der Waals surface area contributed by atoms with E-state index >= 15 is 0 Å². The molecule has 0 unspecified atom stereocenters. The highest BCUT2D eigenvalue weighted by Gasteiger charge is 2.18. The molecule has 0 saturated heterocycles. The van der Waals surface area contributed by atoms with Crippen molar-refractivity contribution in [3.8, 4) is 5.75 Å². The molecule has 0 atom stereocenters. The van der Waals surface area contributed by atoms with E-state index < -0.39 is 0 Å². The number of carbonyl (C=O) groups is 2. The van der Waals surface area contributed by atoms with Crippen LogP contribution in [0, 0.1) is 0 Å². The van der Waals surface area contributed by atoms with Gasteiger partial charge in [0.2, 0.25) is 5.91 Å². The van der Waals surface area contributed by atoms with E-state index in [1.54, 1.807) is 37.4 Å². The van der Waals surface area contributed by atoms with Crippen molar-refractivity contribution in [1.29, 1.82) is 0 Å². The molecule has 0 bridgehead atoms. The highest BCUT2D eigenvalue weighted by atomic mass is 16.5. The van der Waals surface area contributed by atoms with E-state index in [0.717, 1.165) is 18.4 Å². The lowest BCUT2D eigenvalue weighted by Crippen LogP contribution is -2.17. The summed E-state index contributed by atoms with van der Waals surface area (Å²) in [5, 5.41) is 5.45. The van der Waals surface area contributed by atoms with E-state index in [2.05, 4.69) is 10.6 Å². The molecule has 0 aromatic heterocycles. The van der Waals surface area contributed by atoms with E-state index in [1.807, 2.05) is 24.3 Å². The van der Waals surface area contributed by atoms with Gasteiger partial charge in [0, 0.05) is 18.7 Å². The van der Waals surface area contributed by atoms with Crippen molar-refractivity contribution in [1.82, 2.24) is 5.32 Å². The summed E-state index contributed by atoms with van der Waals surface area (Å²) in [4.78, 5) is 23.8. The van der Waals surface area contributed by atoms with E-state index in [9.17, 15) is 9.59 Å². The molecule has 0 spiro atoms. The number of benzene rings is 2. The lowest BCUT2D eigenvalue weighted by atomic mass is 10.1. The average Bonchev–Trinajstić information content (AvgIpc) is 3.21. The molecule has 1 saturated carbocycles. The minimum atomic E-state index is -0.229. The van der Waals surface area contributed by atoms with Gasteiger partial charge in [0.25, 0.3) is 5.91 Å². The molecule has 1 aliphatic rings. The molecule has 2 N–H and O–H groups in total. The lowest BCUT2D eigenvalue weighted by molar-refractivity contribution is -0.111. The van der Waals surface area contributed by atoms with Crippen LogP contribution in [0.2, 0.25) is 0 Å². The number of hydrogen-bond acceptors (Lipinski definition) is 3. The van der Waals surface area contributed by atoms with E-state index in [-0.39, 0.29) is 17.9 Å².